The highest BCUT2D eigenvalue weighted by molar-refractivity contribution is 8.30. The summed E-state index contributed by atoms with van der Waals surface area (Å²) in [6.07, 6.45) is 4.78. The van der Waals surface area contributed by atoms with Gasteiger partial charge in [-0.1, -0.05) is 43.4 Å². The Labute approximate surface area is 181 Å². The predicted molar refractivity (Wildman–Crippen MR) is 125 cm³/mol. The summed E-state index contributed by atoms with van der Waals surface area (Å²) in [6, 6.07) is 8.10. The van der Waals surface area contributed by atoms with Gasteiger partial charge in [-0.25, -0.2) is 10.9 Å². The summed E-state index contributed by atoms with van der Waals surface area (Å²) >= 11 is 7.64. The molecule has 1 amide bonds. The van der Waals surface area contributed by atoms with E-state index in [1.165, 1.54) is 11.3 Å². The number of thiocarbonyl (C=S) groups is 1. The number of thiazole rings is 1. The topological polar surface area (TPSA) is 71.6 Å². The van der Waals surface area contributed by atoms with Crippen LogP contribution in [0, 0.1) is 0 Å². The van der Waals surface area contributed by atoms with Crippen LogP contribution in [0.15, 0.2) is 35.1 Å². The van der Waals surface area contributed by atoms with Crippen molar-refractivity contribution >= 4 is 67.9 Å². The molecule has 0 saturated carbocycles. The Kier molecular flexibility index (Phi) is 5.48. The van der Waals surface area contributed by atoms with Crippen molar-refractivity contribution in [3.63, 3.8) is 0 Å². The third-order valence-corrected chi connectivity index (χ3v) is 7.54. The number of amides is 1. The number of fused-ring (bicyclic) bond motifs is 1. The minimum Gasteiger partial charge on any atom is -0.340 e. The zero-order valence-corrected chi connectivity index (χ0v) is 18.5. The van der Waals surface area contributed by atoms with Crippen LogP contribution < -0.4 is 25.5 Å². The maximum Gasteiger partial charge on any atom is 0.283 e. The Morgan fingerprint density at radius 3 is 2.55 bits per heavy atom. The van der Waals surface area contributed by atoms with E-state index in [4.69, 9.17) is 18.1 Å². The maximum atomic E-state index is 13.4. The van der Waals surface area contributed by atoms with Crippen LogP contribution in [0.2, 0.25) is 0 Å². The molecule has 0 spiro atoms. The van der Waals surface area contributed by atoms with Gasteiger partial charge < -0.3 is 4.90 Å². The fourth-order valence-corrected chi connectivity index (χ4v) is 5.94. The van der Waals surface area contributed by atoms with Crippen LogP contribution in [-0.4, -0.2) is 26.3 Å². The summed E-state index contributed by atoms with van der Waals surface area (Å²) in [4.78, 5) is 28.5. The summed E-state index contributed by atoms with van der Waals surface area (Å²) in [5.74, 6) is 5.39. The molecule has 2 aromatic rings. The Bertz CT molecular complexity index is 1230. The molecule has 0 bridgehead atoms. The largest absolute Gasteiger partial charge is 0.340 e. The van der Waals surface area contributed by atoms with Crippen molar-refractivity contribution in [3.05, 3.63) is 55.5 Å². The lowest BCUT2D eigenvalue weighted by atomic mass is 10.1. The number of para-hydroxylation sites is 1. The number of thioether (sulfide) groups is 1. The highest BCUT2D eigenvalue weighted by Crippen LogP contribution is 2.31. The molecular formula is C20H20N4O2S3. The zero-order valence-electron chi connectivity index (χ0n) is 16.0. The molecule has 1 fully saturated rings. The number of hydrazine groups is 1. The summed E-state index contributed by atoms with van der Waals surface area (Å²) in [7, 11) is 0. The van der Waals surface area contributed by atoms with E-state index >= 15 is 0 Å². The minimum absolute atomic E-state index is 0.0911. The first-order valence-electron chi connectivity index (χ1n) is 9.31. The Hall–Kier alpha value is -2.20. The third kappa shape index (κ3) is 3.28. The normalized spacial score (nSPS) is 20.0. The van der Waals surface area contributed by atoms with Gasteiger partial charge in [-0.15, -0.1) is 11.3 Å². The SMILES string of the molecule is CCCn1c(=O)/c(=C2/C=Cc3ccccc3N2CC)s/c1=C1/SC(=S)N(N)C1=O. The lowest BCUT2D eigenvalue weighted by Crippen LogP contribution is -2.38. The monoisotopic (exact) mass is 444 g/mol. The van der Waals surface area contributed by atoms with Crippen molar-refractivity contribution in [2.45, 2.75) is 26.8 Å². The minimum atomic E-state index is -0.362. The van der Waals surface area contributed by atoms with Crippen LogP contribution in [0.4, 0.5) is 5.69 Å². The van der Waals surface area contributed by atoms with Gasteiger partial charge in [0.05, 0.1) is 5.70 Å². The van der Waals surface area contributed by atoms with Gasteiger partial charge in [-0.3, -0.25) is 14.2 Å². The number of hydrogen-bond acceptors (Lipinski definition) is 7. The molecule has 29 heavy (non-hydrogen) atoms. The van der Waals surface area contributed by atoms with Gasteiger partial charge in [-0.05, 0) is 42.8 Å². The van der Waals surface area contributed by atoms with Crippen molar-refractivity contribution in [2.75, 3.05) is 11.4 Å². The van der Waals surface area contributed by atoms with E-state index in [1.54, 1.807) is 4.57 Å². The number of anilines is 1. The average Bonchev–Trinajstić information content (AvgIpc) is 3.18. The van der Waals surface area contributed by atoms with Crippen LogP contribution in [0.25, 0.3) is 16.7 Å². The van der Waals surface area contributed by atoms with Gasteiger partial charge in [0.15, 0.2) is 4.32 Å². The van der Waals surface area contributed by atoms with Crippen molar-refractivity contribution in [1.82, 2.24) is 9.58 Å². The van der Waals surface area contributed by atoms with Gasteiger partial charge in [-0.2, -0.15) is 0 Å². The molecule has 0 unspecified atom stereocenters. The molecule has 4 rings (SSSR count). The van der Waals surface area contributed by atoms with Crippen molar-refractivity contribution < 1.29 is 4.79 Å². The van der Waals surface area contributed by atoms with Crippen molar-refractivity contribution in [1.29, 1.82) is 0 Å². The Morgan fingerprint density at radius 1 is 1.14 bits per heavy atom. The fraction of sp³-hybridized carbons (Fsp3) is 0.250. The maximum absolute atomic E-state index is 13.4. The van der Waals surface area contributed by atoms with E-state index in [0.717, 1.165) is 46.7 Å². The van der Waals surface area contributed by atoms with E-state index in [2.05, 4.69) is 24.0 Å². The molecule has 1 aromatic heterocycles. The van der Waals surface area contributed by atoms with Gasteiger partial charge in [0, 0.05) is 18.8 Å². The summed E-state index contributed by atoms with van der Waals surface area (Å²) in [5.41, 5.74) is 2.94. The van der Waals surface area contributed by atoms with Crippen LogP contribution >= 0.6 is 35.3 Å². The van der Waals surface area contributed by atoms with Gasteiger partial charge in [0.25, 0.3) is 11.5 Å². The summed E-state index contributed by atoms with van der Waals surface area (Å²) < 4.78 is 3.21. The molecule has 6 nitrogen and oxygen atoms in total. The van der Waals surface area contributed by atoms with Gasteiger partial charge in [0.2, 0.25) is 0 Å². The van der Waals surface area contributed by atoms with E-state index in [9.17, 15) is 9.59 Å². The number of carbonyl (C=O) groups excluding carboxylic acids is 1. The molecule has 1 aromatic carbocycles. The number of aromatic nitrogens is 1. The molecule has 2 N–H and O–H groups in total. The number of rotatable bonds is 3. The van der Waals surface area contributed by atoms with E-state index in [0.29, 0.717) is 25.0 Å². The Balaban J connectivity index is 2.04. The number of hydrogen-bond donors (Lipinski definition) is 1. The molecule has 2 aliphatic heterocycles. The molecule has 1 saturated heterocycles. The number of nitrogens with zero attached hydrogens (tertiary/aromatic N) is 3. The summed E-state index contributed by atoms with van der Waals surface area (Å²) in [5, 5.41) is 0.970. The first-order valence-corrected chi connectivity index (χ1v) is 11.4. The molecule has 0 atom stereocenters. The average molecular weight is 445 g/mol. The van der Waals surface area contributed by atoms with Crippen molar-refractivity contribution in [2.24, 2.45) is 5.84 Å². The van der Waals surface area contributed by atoms with E-state index in [-0.39, 0.29) is 11.5 Å². The molecule has 3 heterocycles. The van der Waals surface area contributed by atoms with E-state index < -0.39 is 0 Å². The number of carbonyl (C=O) groups is 1. The quantitative estimate of drug-likeness (QED) is 0.442. The molecule has 2 aliphatic rings. The second kappa shape index (κ2) is 7.91. The van der Waals surface area contributed by atoms with Gasteiger partial charge in [0.1, 0.15) is 14.1 Å². The smallest absolute Gasteiger partial charge is 0.283 e. The standard InChI is InChI=1S/C20H20N4O2S3/c1-3-11-23-17(25)15(28-19(23)16-18(26)24(21)20(27)29-16)14-10-9-12-7-5-6-8-13(12)22(14)4-2/h5-10H,3-4,11,21H2,1-2H3/b15-14+,19-16+. The van der Waals surface area contributed by atoms with Crippen LogP contribution in [-0.2, 0) is 11.3 Å². The third-order valence-electron chi connectivity index (χ3n) is 4.81. The van der Waals surface area contributed by atoms with Crippen molar-refractivity contribution in [3.8, 4) is 0 Å². The molecule has 9 heteroatoms. The zero-order chi connectivity index (χ0) is 20.7. The fourth-order valence-electron chi connectivity index (χ4n) is 3.48. The highest BCUT2D eigenvalue weighted by Gasteiger charge is 2.32. The second-order valence-corrected chi connectivity index (χ2v) is 9.23. The van der Waals surface area contributed by atoms with Crippen LogP contribution in [0.1, 0.15) is 25.8 Å². The number of likely N-dealkylation sites (N-methyl/N-ethyl adjacent to an activating group) is 1. The van der Waals surface area contributed by atoms with E-state index in [1.807, 2.05) is 31.2 Å². The lowest BCUT2D eigenvalue weighted by molar-refractivity contribution is -0.120. The molecule has 0 radical (unpaired) electrons. The van der Waals surface area contributed by atoms with Crippen LogP contribution in [0.3, 0.4) is 0 Å². The highest BCUT2D eigenvalue weighted by atomic mass is 32.2. The number of nitrogens with two attached hydrogens (primary N) is 1. The van der Waals surface area contributed by atoms with Crippen LogP contribution in [0.5, 0.6) is 0 Å². The summed E-state index contributed by atoms with van der Waals surface area (Å²) in [6.45, 7) is 5.32. The first kappa shape index (κ1) is 20.1. The first-order chi connectivity index (χ1) is 14.0. The lowest BCUT2D eigenvalue weighted by Gasteiger charge is -2.28. The van der Waals surface area contributed by atoms with Gasteiger partial charge >= 0.3 is 0 Å². The number of benzene rings is 1. The molecular weight excluding hydrogens is 424 g/mol. The molecule has 150 valence electrons. The second-order valence-electron chi connectivity index (χ2n) is 6.59. The predicted octanol–water partition coefficient (Wildman–Crippen LogP) is 1.82. The Morgan fingerprint density at radius 2 is 1.90 bits per heavy atom. The molecule has 0 aliphatic carbocycles.